The SMILES string of the molecule is CC(C)N(Cc1ccccc1)c1nc(N)nc2sccc12. The van der Waals surface area contributed by atoms with Crippen molar-refractivity contribution < 1.29 is 0 Å². The van der Waals surface area contributed by atoms with Crippen LogP contribution >= 0.6 is 11.3 Å². The smallest absolute Gasteiger partial charge is 0.223 e. The number of nitrogens with zero attached hydrogens (tertiary/aromatic N) is 3. The van der Waals surface area contributed by atoms with E-state index in [4.69, 9.17) is 5.73 Å². The molecule has 0 amide bonds. The Balaban J connectivity index is 2.05. The summed E-state index contributed by atoms with van der Waals surface area (Å²) in [5, 5.41) is 3.10. The van der Waals surface area contributed by atoms with Crippen LogP contribution in [0.5, 0.6) is 0 Å². The fraction of sp³-hybridized carbons (Fsp3) is 0.250. The second-order valence-electron chi connectivity index (χ2n) is 5.25. The van der Waals surface area contributed by atoms with Crippen LogP contribution in [0.4, 0.5) is 11.8 Å². The van der Waals surface area contributed by atoms with Gasteiger partial charge in [0.1, 0.15) is 10.6 Å². The molecule has 0 unspecified atom stereocenters. The number of hydrogen-bond donors (Lipinski definition) is 1. The molecule has 0 fully saturated rings. The quantitative estimate of drug-likeness (QED) is 0.798. The summed E-state index contributed by atoms with van der Waals surface area (Å²) in [6, 6.07) is 12.8. The standard InChI is InChI=1S/C16H18N4S/c1-11(2)20(10-12-6-4-3-5-7-12)14-13-8-9-21-15(13)19-16(17)18-14/h3-9,11H,10H2,1-2H3,(H2,17,18,19). The molecule has 0 aliphatic heterocycles. The minimum absolute atomic E-state index is 0.322. The van der Waals surface area contributed by atoms with Crippen molar-refractivity contribution in [1.82, 2.24) is 9.97 Å². The zero-order valence-corrected chi connectivity index (χ0v) is 13.0. The van der Waals surface area contributed by atoms with E-state index in [0.29, 0.717) is 12.0 Å². The van der Waals surface area contributed by atoms with E-state index in [1.165, 1.54) is 5.56 Å². The summed E-state index contributed by atoms with van der Waals surface area (Å²) in [5.41, 5.74) is 7.13. The van der Waals surface area contributed by atoms with E-state index in [1.807, 2.05) is 11.4 Å². The molecule has 3 rings (SSSR count). The highest BCUT2D eigenvalue weighted by atomic mass is 32.1. The molecule has 0 aliphatic rings. The maximum absolute atomic E-state index is 5.87. The Bertz CT molecular complexity index is 736. The molecule has 108 valence electrons. The van der Waals surface area contributed by atoms with Crippen LogP contribution in [0.25, 0.3) is 10.2 Å². The fourth-order valence-electron chi connectivity index (χ4n) is 2.36. The fourth-order valence-corrected chi connectivity index (χ4v) is 3.12. The summed E-state index contributed by atoms with van der Waals surface area (Å²) in [6.45, 7) is 5.14. The minimum atomic E-state index is 0.322. The first-order valence-corrected chi connectivity index (χ1v) is 7.84. The van der Waals surface area contributed by atoms with E-state index >= 15 is 0 Å². The Morgan fingerprint density at radius 1 is 1.14 bits per heavy atom. The molecular weight excluding hydrogens is 280 g/mol. The molecule has 0 spiro atoms. The molecule has 0 atom stereocenters. The molecule has 5 heteroatoms. The van der Waals surface area contributed by atoms with E-state index in [-0.39, 0.29) is 0 Å². The molecular formula is C16H18N4S. The molecule has 0 saturated heterocycles. The molecule has 0 saturated carbocycles. The number of rotatable bonds is 4. The third-order valence-electron chi connectivity index (χ3n) is 3.41. The lowest BCUT2D eigenvalue weighted by Crippen LogP contribution is -2.31. The van der Waals surface area contributed by atoms with Crippen molar-refractivity contribution >= 4 is 33.3 Å². The number of thiophene rings is 1. The molecule has 2 heterocycles. The monoisotopic (exact) mass is 298 g/mol. The van der Waals surface area contributed by atoms with Gasteiger partial charge in [-0.3, -0.25) is 0 Å². The summed E-state index contributed by atoms with van der Waals surface area (Å²) in [6.07, 6.45) is 0. The van der Waals surface area contributed by atoms with E-state index in [2.05, 4.69) is 59.0 Å². The second-order valence-corrected chi connectivity index (χ2v) is 6.15. The van der Waals surface area contributed by atoms with Crippen LogP contribution in [0, 0.1) is 0 Å². The van der Waals surface area contributed by atoms with E-state index in [9.17, 15) is 0 Å². The highest BCUT2D eigenvalue weighted by Gasteiger charge is 2.17. The van der Waals surface area contributed by atoms with Gasteiger partial charge in [0, 0.05) is 12.6 Å². The van der Waals surface area contributed by atoms with Gasteiger partial charge >= 0.3 is 0 Å². The van der Waals surface area contributed by atoms with Gasteiger partial charge in [-0.15, -0.1) is 11.3 Å². The molecule has 2 N–H and O–H groups in total. The average molecular weight is 298 g/mol. The number of nitrogens with two attached hydrogens (primary N) is 1. The Kier molecular flexibility index (Phi) is 3.75. The highest BCUT2D eigenvalue weighted by Crippen LogP contribution is 2.30. The predicted octanol–water partition coefficient (Wildman–Crippen LogP) is 3.69. The number of aromatic nitrogens is 2. The van der Waals surface area contributed by atoms with Gasteiger partial charge in [-0.25, -0.2) is 4.98 Å². The zero-order chi connectivity index (χ0) is 14.8. The predicted molar refractivity (Wildman–Crippen MR) is 89.6 cm³/mol. The van der Waals surface area contributed by atoms with Gasteiger partial charge in [-0.05, 0) is 30.9 Å². The summed E-state index contributed by atoms with van der Waals surface area (Å²) in [7, 11) is 0. The molecule has 0 bridgehead atoms. The highest BCUT2D eigenvalue weighted by molar-refractivity contribution is 7.16. The number of hydrogen-bond acceptors (Lipinski definition) is 5. The van der Waals surface area contributed by atoms with Crippen LogP contribution in [-0.2, 0) is 6.54 Å². The van der Waals surface area contributed by atoms with Crippen molar-refractivity contribution in [2.45, 2.75) is 26.4 Å². The Hall–Kier alpha value is -2.14. The van der Waals surface area contributed by atoms with Crippen LogP contribution in [0.1, 0.15) is 19.4 Å². The van der Waals surface area contributed by atoms with Gasteiger partial charge < -0.3 is 10.6 Å². The largest absolute Gasteiger partial charge is 0.368 e. The summed E-state index contributed by atoms with van der Waals surface area (Å²) in [5.74, 6) is 1.25. The maximum atomic E-state index is 5.87. The average Bonchev–Trinajstić information content (AvgIpc) is 2.93. The molecule has 0 radical (unpaired) electrons. The summed E-state index contributed by atoms with van der Waals surface area (Å²) >= 11 is 1.59. The Labute approximate surface area is 128 Å². The number of benzene rings is 1. The lowest BCUT2D eigenvalue weighted by Gasteiger charge is -2.28. The summed E-state index contributed by atoms with van der Waals surface area (Å²) in [4.78, 5) is 12.0. The topological polar surface area (TPSA) is 55.0 Å². The van der Waals surface area contributed by atoms with Crippen LogP contribution < -0.4 is 10.6 Å². The van der Waals surface area contributed by atoms with Gasteiger partial charge in [0.15, 0.2) is 0 Å². The van der Waals surface area contributed by atoms with Crippen LogP contribution in [-0.4, -0.2) is 16.0 Å². The van der Waals surface area contributed by atoms with Crippen molar-refractivity contribution in [3.63, 3.8) is 0 Å². The first-order chi connectivity index (χ1) is 10.1. The van der Waals surface area contributed by atoms with E-state index in [1.54, 1.807) is 11.3 Å². The van der Waals surface area contributed by atoms with Gasteiger partial charge in [-0.2, -0.15) is 4.98 Å². The van der Waals surface area contributed by atoms with Gasteiger partial charge in [-0.1, -0.05) is 30.3 Å². The van der Waals surface area contributed by atoms with Crippen LogP contribution in [0.3, 0.4) is 0 Å². The van der Waals surface area contributed by atoms with Crippen molar-refractivity contribution in [2.75, 3.05) is 10.6 Å². The maximum Gasteiger partial charge on any atom is 0.223 e. The van der Waals surface area contributed by atoms with Crippen molar-refractivity contribution in [1.29, 1.82) is 0 Å². The Morgan fingerprint density at radius 3 is 2.62 bits per heavy atom. The molecule has 2 aromatic heterocycles. The minimum Gasteiger partial charge on any atom is -0.368 e. The third kappa shape index (κ3) is 2.83. The first-order valence-electron chi connectivity index (χ1n) is 6.96. The lowest BCUT2D eigenvalue weighted by atomic mass is 10.2. The third-order valence-corrected chi connectivity index (χ3v) is 4.22. The number of anilines is 2. The summed E-state index contributed by atoms with van der Waals surface area (Å²) < 4.78 is 0. The number of nitrogen functional groups attached to an aromatic ring is 1. The molecule has 3 aromatic rings. The van der Waals surface area contributed by atoms with E-state index < -0.39 is 0 Å². The van der Waals surface area contributed by atoms with Crippen LogP contribution in [0.15, 0.2) is 41.8 Å². The van der Waals surface area contributed by atoms with Gasteiger partial charge in [0.05, 0.1) is 5.39 Å². The van der Waals surface area contributed by atoms with Crippen molar-refractivity contribution in [2.24, 2.45) is 0 Å². The second kappa shape index (κ2) is 5.69. The van der Waals surface area contributed by atoms with Gasteiger partial charge in [0.2, 0.25) is 5.95 Å². The molecule has 0 aliphatic carbocycles. The first kappa shape index (κ1) is 13.8. The normalized spacial score (nSPS) is 11.2. The lowest BCUT2D eigenvalue weighted by molar-refractivity contribution is 0.675. The van der Waals surface area contributed by atoms with E-state index in [0.717, 1.165) is 22.6 Å². The number of fused-ring (bicyclic) bond motifs is 1. The van der Waals surface area contributed by atoms with Crippen molar-refractivity contribution in [3.05, 3.63) is 47.3 Å². The molecule has 1 aromatic carbocycles. The van der Waals surface area contributed by atoms with Crippen LogP contribution in [0.2, 0.25) is 0 Å². The molecule has 21 heavy (non-hydrogen) atoms. The Morgan fingerprint density at radius 2 is 1.90 bits per heavy atom. The van der Waals surface area contributed by atoms with Crippen molar-refractivity contribution in [3.8, 4) is 0 Å². The van der Waals surface area contributed by atoms with Gasteiger partial charge in [0.25, 0.3) is 0 Å². The zero-order valence-electron chi connectivity index (χ0n) is 12.2. The molecule has 4 nitrogen and oxygen atoms in total.